The molecule has 6 nitrogen and oxygen atoms in total. The molecule has 0 unspecified atom stereocenters. The van der Waals surface area contributed by atoms with E-state index in [1.54, 1.807) is 6.33 Å². The normalized spacial score (nSPS) is 10.2. The van der Waals surface area contributed by atoms with Crippen molar-refractivity contribution in [3.8, 4) is 0 Å². The van der Waals surface area contributed by atoms with Crippen LogP contribution in [0.25, 0.3) is 0 Å². The molecule has 0 saturated carbocycles. The summed E-state index contributed by atoms with van der Waals surface area (Å²) >= 11 is 0. The van der Waals surface area contributed by atoms with Crippen LogP contribution in [0.4, 0.5) is 5.69 Å². The maximum absolute atomic E-state index is 11.7. The van der Waals surface area contributed by atoms with E-state index in [-0.39, 0.29) is 12.5 Å². The van der Waals surface area contributed by atoms with Gasteiger partial charge >= 0.3 is 0 Å². The van der Waals surface area contributed by atoms with Crippen molar-refractivity contribution in [2.45, 2.75) is 20.0 Å². The Morgan fingerprint density at radius 1 is 1.32 bits per heavy atom. The molecule has 1 heterocycles. The Morgan fingerprint density at radius 3 is 2.84 bits per heavy atom. The van der Waals surface area contributed by atoms with Crippen LogP contribution in [0.5, 0.6) is 0 Å². The highest BCUT2D eigenvalue weighted by Gasteiger charge is 2.05. The first-order valence-corrected chi connectivity index (χ1v) is 6.22. The number of carbonyl (C=O) groups excluding carboxylic acids is 1. The Morgan fingerprint density at radius 2 is 2.11 bits per heavy atom. The van der Waals surface area contributed by atoms with Crippen LogP contribution in [0.3, 0.4) is 0 Å². The van der Waals surface area contributed by atoms with Gasteiger partial charge in [0.2, 0.25) is 5.91 Å². The lowest BCUT2D eigenvalue weighted by molar-refractivity contribution is -0.119. The third-order valence-electron chi connectivity index (χ3n) is 2.71. The van der Waals surface area contributed by atoms with E-state index in [9.17, 15) is 4.79 Å². The van der Waals surface area contributed by atoms with Crippen molar-refractivity contribution in [1.82, 2.24) is 20.1 Å². The first-order valence-electron chi connectivity index (χ1n) is 6.22. The van der Waals surface area contributed by atoms with Gasteiger partial charge in [-0.25, -0.2) is 0 Å². The number of amides is 1. The molecule has 0 fully saturated rings. The van der Waals surface area contributed by atoms with Gasteiger partial charge in [0, 0.05) is 12.2 Å². The highest BCUT2D eigenvalue weighted by molar-refractivity contribution is 5.80. The van der Waals surface area contributed by atoms with Gasteiger partial charge in [0.1, 0.15) is 6.33 Å². The molecule has 0 spiro atoms. The van der Waals surface area contributed by atoms with Crippen LogP contribution >= 0.6 is 0 Å². The fraction of sp³-hybridized carbons (Fsp3) is 0.308. The fourth-order valence-corrected chi connectivity index (χ4v) is 1.66. The molecule has 1 amide bonds. The van der Waals surface area contributed by atoms with Gasteiger partial charge in [-0.2, -0.15) is 0 Å². The Kier molecular flexibility index (Phi) is 4.49. The summed E-state index contributed by atoms with van der Waals surface area (Å²) in [5.74, 6) is 0.685. The average molecular weight is 259 g/mol. The monoisotopic (exact) mass is 259 g/mol. The third-order valence-corrected chi connectivity index (χ3v) is 2.71. The van der Waals surface area contributed by atoms with Crippen molar-refractivity contribution in [2.24, 2.45) is 0 Å². The highest BCUT2D eigenvalue weighted by atomic mass is 16.1. The number of nitrogens with zero attached hydrogens (tertiary/aromatic N) is 3. The molecule has 0 aliphatic rings. The number of rotatable bonds is 6. The molecule has 0 saturated heterocycles. The zero-order chi connectivity index (χ0) is 13.5. The van der Waals surface area contributed by atoms with E-state index in [1.165, 1.54) is 0 Å². The maximum Gasteiger partial charge on any atom is 0.239 e. The number of aryl methyl sites for hydroxylation is 1. The quantitative estimate of drug-likeness (QED) is 0.812. The molecule has 6 heteroatoms. The Bertz CT molecular complexity index is 523. The molecule has 2 N–H and O–H groups in total. The van der Waals surface area contributed by atoms with Crippen LogP contribution in [0.2, 0.25) is 0 Å². The van der Waals surface area contributed by atoms with E-state index in [1.807, 2.05) is 41.8 Å². The van der Waals surface area contributed by atoms with Crippen LogP contribution < -0.4 is 10.6 Å². The molecule has 2 aromatic rings. The minimum absolute atomic E-state index is 0.0745. The van der Waals surface area contributed by atoms with Crippen LogP contribution in [-0.4, -0.2) is 27.2 Å². The molecule has 100 valence electrons. The Hall–Kier alpha value is -2.37. The summed E-state index contributed by atoms with van der Waals surface area (Å²) < 4.78 is 1.89. The van der Waals surface area contributed by atoms with Crippen LogP contribution in [0.1, 0.15) is 12.7 Å². The molecule has 0 atom stereocenters. The van der Waals surface area contributed by atoms with Gasteiger partial charge in [-0.3, -0.25) is 4.79 Å². The molecular formula is C13H17N5O. The summed E-state index contributed by atoms with van der Waals surface area (Å²) in [6.07, 6.45) is 1.66. The summed E-state index contributed by atoms with van der Waals surface area (Å²) in [5.41, 5.74) is 0.925. The number of benzene rings is 1. The number of anilines is 1. The summed E-state index contributed by atoms with van der Waals surface area (Å²) in [5, 5.41) is 13.6. The molecule has 19 heavy (non-hydrogen) atoms. The number of hydrogen-bond acceptors (Lipinski definition) is 4. The second-order valence-corrected chi connectivity index (χ2v) is 4.03. The minimum Gasteiger partial charge on any atom is -0.376 e. The van der Waals surface area contributed by atoms with Gasteiger partial charge < -0.3 is 15.2 Å². The first-order chi connectivity index (χ1) is 9.29. The second kappa shape index (κ2) is 6.53. The standard InChI is InChI=1S/C13H17N5O/c1-2-18-10-16-17-12(18)8-15-13(19)9-14-11-6-4-3-5-7-11/h3-7,10,14H,2,8-9H2,1H3,(H,15,19). The van der Waals surface area contributed by atoms with E-state index in [0.717, 1.165) is 18.1 Å². The van der Waals surface area contributed by atoms with E-state index in [2.05, 4.69) is 20.8 Å². The predicted molar refractivity (Wildman–Crippen MR) is 72.5 cm³/mol. The fourth-order valence-electron chi connectivity index (χ4n) is 1.66. The van der Waals surface area contributed by atoms with Gasteiger partial charge in [-0.05, 0) is 19.1 Å². The molecule has 0 aliphatic carbocycles. The summed E-state index contributed by atoms with van der Waals surface area (Å²) in [7, 11) is 0. The van der Waals surface area contributed by atoms with Crippen molar-refractivity contribution in [2.75, 3.05) is 11.9 Å². The summed E-state index contributed by atoms with van der Waals surface area (Å²) in [4.78, 5) is 11.7. The van der Waals surface area contributed by atoms with E-state index < -0.39 is 0 Å². The van der Waals surface area contributed by atoms with Gasteiger partial charge in [0.05, 0.1) is 13.1 Å². The van der Waals surface area contributed by atoms with Crippen molar-refractivity contribution >= 4 is 11.6 Å². The predicted octanol–water partition coefficient (Wildman–Crippen LogP) is 1.03. The molecule has 1 aromatic heterocycles. The van der Waals surface area contributed by atoms with Crippen molar-refractivity contribution in [3.63, 3.8) is 0 Å². The Labute approximate surface area is 111 Å². The Balaban J connectivity index is 1.76. The van der Waals surface area contributed by atoms with Gasteiger partial charge in [0.25, 0.3) is 0 Å². The number of aromatic nitrogens is 3. The number of carbonyl (C=O) groups is 1. The zero-order valence-electron chi connectivity index (χ0n) is 10.8. The molecule has 0 bridgehead atoms. The maximum atomic E-state index is 11.7. The van der Waals surface area contributed by atoms with Crippen LogP contribution in [-0.2, 0) is 17.9 Å². The summed E-state index contributed by atoms with van der Waals surface area (Å²) in [6.45, 7) is 3.43. The van der Waals surface area contributed by atoms with E-state index >= 15 is 0 Å². The SMILES string of the molecule is CCn1cnnc1CNC(=O)CNc1ccccc1. The van der Waals surface area contributed by atoms with Gasteiger partial charge in [-0.1, -0.05) is 18.2 Å². The topological polar surface area (TPSA) is 71.8 Å². The number of hydrogen-bond donors (Lipinski definition) is 2. The number of nitrogens with one attached hydrogen (secondary N) is 2. The third kappa shape index (κ3) is 3.80. The van der Waals surface area contributed by atoms with Crippen molar-refractivity contribution < 1.29 is 4.79 Å². The molecular weight excluding hydrogens is 242 g/mol. The van der Waals surface area contributed by atoms with Gasteiger partial charge in [-0.15, -0.1) is 10.2 Å². The van der Waals surface area contributed by atoms with E-state index in [0.29, 0.717) is 6.54 Å². The largest absolute Gasteiger partial charge is 0.376 e. The van der Waals surface area contributed by atoms with Crippen LogP contribution in [0, 0.1) is 0 Å². The van der Waals surface area contributed by atoms with Gasteiger partial charge in [0.15, 0.2) is 5.82 Å². The lowest BCUT2D eigenvalue weighted by atomic mass is 10.3. The molecule has 0 radical (unpaired) electrons. The zero-order valence-corrected chi connectivity index (χ0v) is 10.8. The smallest absolute Gasteiger partial charge is 0.239 e. The highest BCUT2D eigenvalue weighted by Crippen LogP contribution is 2.03. The number of para-hydroxylation sites is 1. The molecule has 1 aromatic carbocycles. The second-order valence-electron chi connectivity index (χ2n) is 4.03. The van der Waals surface area contributed by atoms with Crippen molar-refractivity contribution in [1.29, 1.82) is 0 Å². The lowest BCUT2D eigenvalue weighted by Crippen LogP contribution is -2.30. The van der Waals surface area contributed by atoms with Crippen molar-refractivity contribution in [3.05, 3.63) is 42.5 Å². The molecule has 0 aliphatic heterocycles. The lowest BCUT2D eigenvalue weighted by Gasteiger charge is -2.07. The summed E-state index contributed by atoms with van der Waals surface area (Å²) in [6, 6.07) is 9.61. The van der Waals surface area contributed by atoms with Crippen LogP contribution in [0.15, 0.2) is 36.7 Å². The molecule has 2 rings (SSSR count). The average Bonchev–Trinajstić information content (AvgIpc) is 2.91. The first kappa shape index (κ1) is 13.1. The minimum atomic E-state index is -0.0745. The van der Waals surface area contributed by atoms with E-state index in [4.69, 9.17) is 0 Å².